The van der Waals surface area contributed by atoms with Crippen molar-refractivity contribution in [3.05, 3.63) is 30.0 Å². The van der Waals surface area contributed by atoms with E-state index in [0.717, 1.165) is 27.2 Å². The fourth-order valence-corrected chi connectivity index (χ4v) is 3.01. The van der Waals surface area contributed by atoms with E-state index in [1.807, 2.05) is 31.2 Å². The van der Waals surface area contributed by atoms with Crippen molar-refractivity contribution in [2.45, 2.75) is 17.9 Å². The number of pyridine rings is 1. The Bertz CT molecular complexity index is 667. The molecule has 2 N–H and O–H groups in total. The van der Waals surface area contributed by atoms with Crippen LogP contribution in [0.3, 0.4) is 0 Å². The highest BCUT2D eigenvalue weighted by atomic mass is 35.5. The van der Waals surface area contributed by atoms with Crippen LogP contribution in [-0.4, -0.2) is 37.0 Å². The Morgan fingerprint density at radius 2 is 2.09 bits per heavy atom. The van der Waals surface area contributed by atoms with Crippen molar-refractivity contribution < 1.29 is 14.3 Å². The van der Waals surface area contributed by atoms with Gasteiger partial charge in [-0.2, -0.15) is 0 Å². The van der Waals surface area contributed by atoms with Gasteiger partial charge in [0.1, 0.15) is 11.8 Å². The quantitative estimate of drug-likeness (QED) is 0.665. The van der Waals surface area contributed by atoms with Gasteiger partial charge in [-0.1, -0.05) is 0 Å². The van der Waals surface area contributed by atoms with Crippen LogP contribution < -0.4 is 10.5 Å². The predicted molar refractivity (Wildman–Crippen MR) is 91.0 cm³/mol. The topological polar surface area (TPSA) is 74.4 Å². The van der Waals surface area contributed by atoms with Gasteiger partial charge >= 0.3 is 5.97 Å². The molecule has 2 rings (SSSR count). The standard InChI is InChI=1S/C15H18N2O3S.ClH/c1-9-6-14(21-8-12(16)15(18)20-3)11-7-10(19-2)4-5-13(11)17-9;/h4-7,12H,8,16H2,1-3H3;1H. The van der Waals surface area contributed by atoms with E-state index in [4.69, 9.17) is 10.5 Å². The van der Waals surface area contributed by atoms with Gasteiger partial charge in [0.2, 0.25) is 0 Å². The van der Waals surface area contributed by atoms with Gasteiger partial charge in [0.15, 0.2) is 0 Å². The SMILES string of the molecule is COC(=O)C(N)CSc1cc(C)nc2ccc(OC)cc12.Cl. The maximum Gasteiger partial charge on any atom is 0.323 e. The molecule has 0 saturated carbocycles. The fraction of sp³-hybridized carbons (Fsp3) is 0.333. The van der Waals surface area contributed by atoms with Crippen LogP contribution in [-0.2, 0) is 9.53 Å². The molecule has 0 saturated heterocycles. The lowest BCUT2D eigenvalue weighted by molar-refractivity contribution is -0.141. The lowest BCUT2D eigenvalue weighted by Crippen LogP contribution is -2.33. The molecule has 1 aromatic carbocycles. The maximum absolute atomic E-state index is 11.4. The number of methoxy groups -OCH3 is 2. The number of nitrogens with two attached hydrogens (primary N) is 1. The number of ether oxygens (including phenoxy) is 2. The van der Waals surface area contributed by atoms with Gasteiger partial charge < -0.3 is 15.2 Å². The van der Waals surface area contributed by atoms with E-state index in [0.29, 0.717) is 5.75 Å². The summed E-state index contributed by atoms with van der Waals surface area (Å²) in [6.07, 6.45) is 0. The zero-order valence-corrected chi connectivity index (χ0v) is 14.3. The number of fused-ring (bicyclic) bond motifs is 1. The fourth-order valence-electron chi connectivity index (χ4n) is 1.95. The molecule has 1 atom stereocenters. The van der Waals surface area contributed by atoms with Crippen LogP contribution in [0.5, 0.6) is 5.75 Å². The number of hydrogen-bond acceptors (Lipinski definition) is 6. The van der Waals surface area contributed by atoms with E-state index < -0.39 is 12.0 Å². The van der Waals surface area contributed by atoms with Crippen molar-refractivity contribution in [3.63, 3.8) is 0 Å². The number of thioether (sulfide) groups is 1. The molecule has 1 aromatic heterocycles. The van der Waals surface area contributed by atoms with Gasteiger partial charge in [-0.15, -0.1) is 24.2 Å². The van der Waals surface area contributed by atoms with Crippen molar-refractivity contribution in [2.24, 2.45) is 5.73 Å². The van der Waals surface area contributed by atoms with E-state index in [2.05, 4.69) is 9.72 Å². The molecule has 2 aromatic rings. The Balaban J connectivity index is 0.00000242. The van der Waals surface area contributed by atoms with Gasteiger partial charge in [0, 0.05) is 21.7 Å². The number of halogens is 1. The van der Waals surface area contributed by atoms with Gasteiger partial charge in [-0.25, -0.2) is 0 Å². The van der Waals surface area contributed by atoms with Crippen molar-refractivity contribution in [2.75, 3.05) is 20.0 Å². The zero-order valence-electron chi connectivity index (χ0n) is 12.7. The second-order valence-electron chi connectivity index (χ2n) is 4.59. The third-order valence-corrected chi connectivity index (χ3v) is 4.20. The molecule has 1 heterocycles. The minimum atomic E-state index is -0.644. The molecule has 0 aliphatic rings. The maximum atomic E-state index is 11.4. The molecule has 7 heteroatoms. The van der Waals surface area contributed by atoms with Crippen LogP contribution in [0.15, 0.2) is 29.2 Å². The zero-order chi connectivity index (χ0) is 15.4. The normalized spacial score (nSPS) is 11.6. The Hall–Kier alpha value is -1.50. The highest BCUT2D eigenvalue weighted by Gasteiger charge is 2.15. The second kappa shape index (κ2) is 8.22. The Labute approximate surface area is 140 Å². The first-order chi connectivity index (χ1) is 10.0. The molecule has 0 radical (unpaired) electrons. The number of rotatable bonds is 5. The number of hydrogen-bond donors (Lipinski definition) is 1. The van der Waals surface area contributed by atoms with E-state index in [9.17, 15) is 4.79 Å². The lowest BCUT2D eigenvalue weighted by atomic mass is 10.2. The average molecular weight is 343 g/mol. The molecule has 0 fully saturated rings. The number of nitrogens with zero attached hydrogens (tertiary/aromatic N) is 1. The summed E-state index contributed by atoms with van der Waals surface area (Å²) in [6, 6.07) is 7.08. The van der Waals surface area contributed by atoms with Crippen LogP contribution >= 0.6 is 24.2 Å². The smallest absolute Gasteiger partial charge is 0.323 e. The minimum Gasteiger partial charge on any atom is -0.497 e. The van der Waals surface area contributed by atoms with Crippen LogP contribution in [0, 0.1) is 6.92 Å². The number of esters is 1. The van der Waals surface area contributed by atoms with Gasteiger partial charge in [0.05, 0.1) is 19.7 Å². The largest absolute Gasteiger partial charge is 0.497 e. The molecule has 0 spiro atoms. The number of carbonyl (C=O) groups is 1. The molecule has 0 aliphatic carbocycles. The first-order valence-electron chi connectivity index (χ1n) is 6.46. The van der Waals surface area contributed by atoms with Crippen molar-refractivity contribution in [3.8, 4) is 5.75 Å². The van der Waals surface area contributed by atoms with E-state index >= 15 is 0 Å². The van der Waals surface area contributed by atoms with Gasteiger partial charge in [-0.3, -0.25) is 9.78 Å². The first-order valence-corrected chi connectivity index (χ1v) is 7.45. The summed E-state index contributed by atoms with van der Waals surface area (Å²) in [5.74, 6) is 0.810. The van der Waals surface area contributed by atoms with Crippen LogP contribution in [0.2, 0.25) is 0 Å². The summed E-state index contributed by atoms with van der Waals surface area (Å²) >= 11 is 1.51. The summed E-state index contributed by atoms with van der Waals surface area (Å²) < 4.78 is 9.89. The van der Waals surface area contributed by atoms with Gasteiger partial charge in [0.25, 0.3) is 0 Å². The van der Waals surface area contributed by atoms with Gasteiger partial charge in [-0.05, 0) is 31.2 Å². The van der Waals surface area contributed by atoms with Crippen LogP contribution in [0.25, 0.3) is 10.9 Å². The molecule has 0 aliphatic heterocycles. The summed E-state index contributed by atoms with van der Waals surface area (Å²) in [4.78, 5) is 16.9. The number of benzene rings is 1. The summed E-state index contributed by atoms with van der Waals surface area (Å²) in [6.45, 7) is 1.94. The highest BCUT2D eigenvalue weighted by molar-refractivity contribution is 7.99. The Morgan fingerprint density at radius 3 is 2.73 bits per heavy atom. The van der Waals surface area contributed by atoms with E-state index in [-0.39, 0.29) is 12.4 Å². The third-order valence-electron chi connectivity index (χ3n) is 3.03. The third kappa shape index (κ3) is 4.25. The Kier molecular flexibility index (Phi) is 6.93. The Morgan fingerprint density at radius 1 is 1.36 bits per heavy atom. The monoisotopic (exact) mass is 342 g/mol. The second-order valence-corrected chi connectivity index (χ2v) is 5.65. The highest BCUT2D eigenvalue weighted by Crippen LogP contribution is 2.30. The first kappa shape index (κ1) is 18.5. The molecule has 0 bridgehead atoms. The molecule has 0 amide bonds. The van der Waals surface area contributed by atoms with Crippen molar-refractivity contribution in [1.29, 1.82) is 0 Å². The molecule has 5 nitrogen and oxygen atoms in total. The minimum absolute atomic E-state index is 0. The molecular formula is C15H19ClN2O3S. The summed E-state index contributed by atoms with van der Waals surface area (Å²) in [7, 11) is 2.96. The molecule has 120 valence electrons. The molecular weight excluding hydrogens is 324 g/mol. The van der Waals surface area contributed by atoms with E-state index in [1.165, 1.54) is 18.9 Å². The van der Waals surface area contributed by atoms with Crippen molar-refractivity contribution >= 4 is 41.0 Å². The lowest BCUT2D eigenvalue weighted by Gasteiger charge is -2.12. The molecule has 1 unspecified atom stereocenters. The summed E-state index contributed by atoms with van der Waals surface area (Å²) in [5, 5.41) is 0.988. The average Bonchev–Trinajstić information content (AvgIpc) is 2.50. The number of aromatic nitrogens is 1. The van der Waals surface area contributed by atoms with Crippen LogP contribution in [0.4, 0.5) is 0 Å². The predicted octanol–water partition coefficient (Wildman–Crippen LogP) is 2.57. The number of aryl methyl sites for hydroxylation is 1. The van der Waals surface area contributed by atoms with E-state index in [1.54, 1.807) is 7.11 Å². The summed E-state index contributed by atoms with van der Waals surface area (Å²) in [5.41, 5.74) is 7.59. The van der Waals surface area contributed by atoms with Crippen LogP contribution in [0.1, 0.15) is 5.69 Å². The van der Waals surface area contributed by atoms with Crippen molar-refractivity contribution in [1.82, 2.24) is 4.98 Å². The molecule has 22 heavy (non-hydrogen) atoms. The number of carbonyl (C=O) groups excluding carboxylic acids is 1.